The molecule has 0 saturated carbocycles. The lowest BCUT2D eigenvalue weighted by molar-refractivity contribution is -0.403. The molecule has 2 aromatic rings. The standard InChI is InChI=1S/C12H18.C6H3N3O6/c1-7-8(2)10(4)12(6)11(5)9(7)3;10-7(11)4-1-5(8(12)13)3-6(2-4)9(14)15/h1-6H3;1-3H. The first kappa shape index (κ1) is 21.7. The Morgan fingerprint density at radius 2 is 0.630 bits per heavy atom. The van der Waals surface area contributed by atoms with Gasteiger partial charge in [0, 0.05) is 0 Å². The molecule has 9 nitrogen and oxygen atoms in total. The summed E-state index contributed by atoms with van der Waals surface area (Å²) in [5, 5.41) is 30.9. The van der Waals surface area contributed by atoms with Gasteiger partial charge < -0.3 is 0 Å². The van der Waals surface area contributed by atoms with E-state index in [4.69, 9.17) is 0 Å². The van der Waals surface area contributed by atoms with Crippen LogP contribution in [0.5, 0.6) is 0 Å². The summed E-state index contributed by atoms with van der Waals surface area (Å²) in [5.74, 6) is 0. The van der Waals surface area contributed by atoms with Crippen LogP contribution in [0.15, 0.2) is 18.2 Å². The van der Waals surface area contributed by atoms with Gasteiger partial charge in [-0.2, -0.15) is 0 Å². The zero-order chi connectivity index (χ0) is 21.0. The Kier molecular flexibility index (Phi) is 6.70. The summed E-state index contributed by atoms with van der Waals surface area (Å²) in [5.41, 5.74) is 6.67. The molecule has 0 spiro atoms. The summed E-state index contributed by atoms with van der Waals surface area (Å²) in [6.07, 6.45) is 0. The fraction of sp³-hybridized carbons (Fsp3) is 0.333. The molecule has 2 rings (SSSR count). The number of rotatable bonds is 3. The first-order valence-corrected chi connectivity index (χ1v) is 8.00. The molecule has 0 aliphatic heterocycles. The summed E-state index contributed by atoms with van der Waals surface area (Å²) in [7, 11) is 0. The number of nitrogens with zero attached hydrogens (tertiary/aromatic N) is 3. The molecule has 0 atom stereocenters. The number of nitro groups is 3. The van der Waals surface area contributed by atoms with E-state index in [9.17, 15) is 30.3 Å². The molecule has 0 N–H and O–H groups in total. The fourth-order valence-corrected chi connectivity index (χ4v) is 2.58. The maximum atomic E-state index is 10.3. The third kappa shape index (κ3) is 4.84. The van der Waals surface area contributed by atoms with Crippen LogP contribution in [0.4, 0.5) is 17.1 Å². The van der Waals surface area contributed by atoms with E-state index in [0.717, 1.165) is 0 Å². The van der Waals surface area contributed by atoms with Crippen molar-refractivity contribution in [1.29, 1.82) is 0 Å². The lowest BCUT2D eigenvalue weighted by Crippen LogP contribution is -1.98. The van der Waals surface area contributed by atoms with Crippen molar-refractivity contribution in [3.05, 3.63) is 81.9 Å². The van der Waals surface area contributed by atoms with Gasteiger partial charge in [0.15, 0.2) is 0 Å². The number of hydrogen-bond acceptors (Lipinski definition) is 6. The Labute approximate surface area is 156 Å². The summed E-state index contributed by atoms with van der Waals surface area (Å²) in [4.78, 5) is 28.1. The van der Waals surface area contributed by atoms with Gasteiger partial charge in [0.25, 0.3) is 17.1 Å². The average molecular weight is 375 g/mol. The van der Waals surface area contributed by atoms with Crippen LogP contribution in [0.2, 0.25) is 0 Å². The largest absolute Gasteiger partial charge is 0.283 e. The molecule has 0 unspecified atom stereocenters. The van der Waals surface area contributed by atoms with Gasteiger partial charge in [0.2, 0.25) is 0 Å². The molecule has 0 radical (unpaired) electrons. The van der Waals surface area contributed by atoms with Crippen LogP contribution in [0.1, 0.15) is 33.4 Å². The molecular formula is C18H21N3O6. The average Bonchev–Trinajstić information content (AvgIpc) is 2.63. The van der Waals surface area contributed by atoms with Crippen LogP contribution in [0, 0.1) is 71.9 Å². The summed E-state index contributed by atoms with van der Waals surface area (Å²) in [6.45, 7) is 13.3. The van der Waals surface area contributed by atoms with Gasteiger partial charge in [-0.05, 0) is 74.9 Å². The second-order valence-electron chi connectivity index (χ2n) is 6.23. The van der Waals surface area contributed by atoms with Crippen LogP contribution in [0.3, 0.4) is 0 Å². The number of non-ortho nitro benzene ring substituents is 3. The molecule has 0 amide bonds. The van der Waals surface area contributed by atoms with Crippen molar-refractivity contribution in [3.63, 3.8) is 0 Å². The molecule has 27 heavy (non-hydrogen) atoms. The Hall–Kier alpha value is -3.36. The number of nitro benzene ring substituents is 3. The summed E-state index contributed by atoms with van der Waals surface area (Å²) >= 11 is 0. The van der Waals surface area contributed by atoms with Gasteiger partial charge >= 0.3 is 0 Å². The summed E-state index contributed by atoms with van der Waals surface area (Å²) < 4.78 is 0. The van der Waals surface area contributed by atoms with Gasteiger partial charge in [-0.15, -0.1) is 0 Å². The number of hydrogen-bond donors (Lipinski definition) is 0. The molecule has 0 aliphatic rings. The van der Waals surface area contributed by atoms with E-state index in [2.05, 4.69) is 41.5 Å². The topological polar surface area (TPSA) is 129 Å². The highest BCUT2D eigenvalue weighted by atomic mass is 16.6. The van der Waals surface area contributed by atoms with E-state index in [-0.39, 0.29) is 0 Å². The predicted molar refractivity (Wildman–Crippen MR) is 101 cm³/mol. The van der Waals surface area contributed by atoms with Crippen LogP contribution in [-0.4, -0.2) is 14.8 Å². The van der Waals surface area contributed by atoms with E-state index >= 15 is 0 Å². The van der Waals surface area contributed by atoms with Crippen molar-refractivity contribution in [1.82, 2.24) is 0 Å². The lowest BCUT2D eigenvalue weighted by Gasteiger charge is -2.15. The van der Waals surface area contributed by atoms with E-state index in [0.29, 0.717) is 18.2 Å². The van der Waals surface area contributed by atoms with E-state index < -0.39 is 31.8 Å². The van der Waals surface area contributed by atoms with Crippen molar-refractivity contribution < 1.29 is 14.8 Å². The Morgan fingerprint density at radius 1 is 0.481 bits per heavy atom. The first-order valence-electron chi connectivity index (χ1n) is 8.00. The van der Waals surface area contributed by atoms with E-state index in [1.54, 1.807) is 0 Å². The lowest BCUT2D eigenvalue weighted by atomic mass is 9.90. The Bertz CT molecular complexity index is 753. The molecule has 0 saturated heterocycles. The molecule has 0 fully saturated rings. The monoisotopic (exact) mass is 375 g/mol. The molecule has 0 aliphatic carbocycles. The highest BCUT2D eigenvalue weighted by Gasteiger charge is 2.21. The van der Waals surface area contributed by atoms with E-state index in [1.807, 2.05) is 0 Å². The minimum atomic E-state index is -0.931. The third-order valence-electron chi connectivity index (χ3n) is 4.89. The van der Waals surface area contributed by atoms with Gasteiger partial charge in [-0.1, -0.05) is 0 Å². The highest BCUT2D eigenvalue weighted by molar-refractivity contribution is 5.52. The molecule has 9 heteroatoms. The van der Waals surface area contributed by atoms with Crippen molar-refractivity contribution in [2.45, 2.75) is 41.5 Å². The van der Waals surface area contributed by atoms with Crippen molar-refractivity contribution in [2.24, 2.45) is 0 Å². The van der Waals surface area contributed by atoms with Crippen molar-refractivity contribution in [2.75, 3.05) is 0 Å². The summed E-state index contributed by atoms with van der Waals surface area (Å²) in [6, 6.07) is 1.98. The van der Waals surface area contributed by atoms with Gasteiger partial charge in [-0.25, -0.2) is 0 Å². The number of benzene rings is 2. The van der Waals surface area contributed by atoms with Crippen molar-refractivity contribution >= 4 is 17.1 Å². The zero-order valence-corrected chi connectivity index (χ0v) is 16.0. The second kappa shape index (κ2) is 8.35. The van der Waals surface area contributed by atoms with Crippen LogP contribution in [0.25, 0.3) is 0 Å². The van der Waals surface area contributed by atoms with Crippen LogP contribution in [-0.2, 0) is 0 Å². The van der Waals surface area contributed by atoms with E-state index in [1.165, 1.54) is 33.4 Å². The maximum absolute atomic E-state index is 10.3. The van der Waals surface area contributed by atoms with Crippen molar-refractivity contribution in [3.8, 4) is 0 Å². The Balaban J connectivity index is 0.000000277. The molecule has 0 aromatic heterocycles. The molecule has 0 bridgehead atoms. The van der Waals surface area contributed by atoms with Gasteiger partial charge in [-0.3, -0.25) is 30.3 Å². The minimum Gasteiger partial charge on any atom is -0.258 e. The van der Waals surface area contributed by atoms with Crippen LogP contribution < -0.4 is 0 Å². The Morgan fingerprint density at radius 3 is 0.741 bits per heavy atom. The van der Waals surface area contributed by atoms with Gasteiger partial charge in [0.1, 0.15) is 0 Å². The SMILES string of the molecule is Cc1c(C)c(C)c(C)c(C)c1C.O=[N+]([O-])c1cc([N+](=O)[O-])cc([N+](=O)[O-])c1. The normalized spacial score (nSPS) is 10.0. The molecule has 2 aromatic carbocycles. The zero-order valence-electron chi connectivity index (χ0n) is 16.0. The minimum absolute atomic E-state index is 0.660. The quantitative estimate of drug-likeness (QED) is 0.551. The highest BCUT2D eigenvalue weighted by Crippen LogP contribution is 2.27. The fourth-order valence-electron chi connectivity index (χ4n) is 2.58. The maximum Gasteiger partial charge on any atom is 0.283 e. The van der Waals surface area contributed by atoms with Gasteiger partial charge in [0.05, 0.1) is 33.0 Å². The molecular weight excluding hydrogens is 354 g/mol. The molecule has 144 valence electrons. The predicted octanol–water partition coefficient (Wildman–Crippen LogP) is 4.95. The molecule has 0 heterocycles. The first-order chi connectivity index (χ1) is 12.4. The van der Waals surface area contributed by atoms with Crippen LogP contribution >= 0.6 is 0 Å². The smallest absolute Gasteiger partial charge is 0.258 e. The second-order valence-corrected chi connectivity index (χ2v) is 6.23. The third-order valence-corrected chi connectivity index (χ3v) is 4.89.